The summed E-state index contributed by atoms with van der Waals surface area (Å²) in [6, 6.07) is 1.53. The van der Waals surface area contributed by atoms with Crippen LogP contribution >= 0.6 is 35.8 Å². The zero-order chi connectivity index (χ0) is 11.7. The van der Waals surface area contributed by atoms with E-state index in [1.54, 1.807) is 4.90 Å². The van der Waals surface area contributed by atoms with Crippen molar-refractivity contribution in [2.45, 2.75) is 6.42 Å². The van der Waals surface area contributed by atoms with Crippen LogP contribution in [0.1, 0.15) is 6.42 Å². The number of amides is 1. The molecular weight excluding hydrogens is 269 g/mol. The second-order valence-corrected chi connectivity index (χ2v) is 4.67. The van der Waals surface area contributed by atoms with Gasteiger partial charge in [-0.1, -0.05) is 11.6 Å². The van der Waals surface area contributed by atoms with Gasteiger partial charge in [-0.05, 0) is 23.3 Å². The normalized spacial score (nSPS) is 20.6. The van der Waals surface area contributed by atoms with Gasteiger partial charge in [0, 0.05) is 19.0 Å². The molecule has 2 rings (SSSR count). The van der Waals surface area contributed by atoms with Crippen LogP contribution in [0.5, 0.6) is 0 Å². The summed E-state index contributed by atoms with van der Waals surface area (Å²) in [5, 5.41) is 0.279. The van der Waals surface area contributed by atoms with E-state index in [0.29, 0.717) is 24.5 Å². The maximum atomic E-state index is 11.7. The third-order valence-electron chi connectivity index (χ3n) is 2.39. The van der Waals surface area contributed by atoms with E-state index in [-0.39, 0.29) is 22.3 Å². The highest BCUT2D eigenvalue weighted by Gasteiger charge is 2.30. The first-order valence-corrected chi connectivity index (χ1v) is 6.10. The smallest absolute Gasteiger partial charge is 0.228 e. The molecule has 0 spiro atoms. The van der Waals surface area contributed by atoms with E-state index in [2.05, 4.69) is 22.6 Å². The number of nitrogens with zero attached hydrogens (tertiary/aromatic N) is 3. The van der Waals surface area contributed by atoms with Crippen LogP contribution in [0.15, 0.2) is 6.07 Å². The quantitative estimate of drug-likeness (QED) is 0.511. The Morgan fingerprint density at radius 1 is 1.50 bits per heavy atom. The van der Waals surface area contributed by atoms with Gasteiger partial charge in [-0.2, -0.15) is 12.6 Å². The van der Waals surface area contributed by atoms with E-state index in [1.165, 1.54) is 6.07 Å². The van der Waals surface area contributed by atoms with E-state index in [4.69, 9.17) is 23.2 Å². The minimum Gasteiger partial charge on any atom is -0.296 e. The predicted molar refractivity (Wildman–Crippen MR) is 66.4 cm³/mol. The minimum atomic E-state index is 0.0184. The summed E-state index contributed by atoms with van der Waals surface area (Å²) in [5.41, 5.74) is 0. The first-order valence-electron chi connectivity index (χ1n) is 4.71. The molecule has 1 atom stereocenters. The Morgan fingerprint density at radius 2 is 2.25 bits per heavy atom. The topological polar surface area (TPSA) is 46.1 Å². The summed E-state index contributed by atoms with van der Waals surface area (Å²) in [7, 11) is 0. The number of hydrogen-bond acceptors (Lipinski definition) is 4. The number of aromatic nitrogens is 2. The molecule has 0 saturated carbocycles. The highest BCUT2D eigenvalue weighted by Crippen LogP contribution is 2.26. The number of thiol groups is 1. The molecule has 1 saturated heterocycles. The highest BCUT2D eigenvalue weighted by molar-refractivity contribution is 7.80. The Bertz CT molecular complexity index is 409. The van der Waals surface area contributed by atoms with Gasteiger partial charge in [0.15, 0.2) is 0 Å². The van der Waals surface area contributed by atoms with Crippen LogP contribution in [-0.2, 0) is 4.79 Å². The van der Waals surface area contributed by atoms with Crippen LogP contribution in [0, 0.1) is 5.92 Å². The second-order valence-electron chi connectivity index (χ2n) is 3.57. The van der Waals surface area contributed by atoms with Gasteiger partial charge in [0.25, 0.3) is 0 Å². The Kier molecular flexibility index (Phi) is 3.56. The largest absolute Gasteiger partial charge is 0.296 e. The SMILES string of the molecule is O=C1CC(CS)CN1c1cc(Cl)nc(Cl)n1. The van der Waals surface area contributed by atoms with Gasteiger partial charge in [0.2, 0.25) is 11.2 Å². The standard InChI is InChI=1S/C9H9Cl2N3OS/c10-6-2-7(13-9(11)12-6)14-3-5(4-16)1-8(14)15/h2,5,16H,1,3-4H2. The zero-order valence-electron chi connectivity index (χ0n) is 8.23. The molecule has 0 radical (unpaired) electrons. The number of rotatable bonds is 2. The molecule has 1 aromatic heterocycles. The molecular formula is C9H9Cl2N3OS. The summed E-state index contributed by atoms with van der Waals surface area (Å²) in [6.07, 6.45) is 0.489. The summed E-state index contributed by atoms with van der Waals surface area (Å²) in [4.78, 5) is 21.0. The van der Waals surface area contributed by atoms with Crippen LogP contribution in [0.25, 0.3) is 0 Å². The fourth-order valence-electron chi connectivity index (χ4n) is 1.64. The molecule has 1 unspecified atom stereocenters. The van der Waals surface area contributed by atoms with E-state index in [9.17, 15) is 4.79 Å². The van der Waals surface area contributed by atoms with Crippen molar-refractivity contribution in [1.29, 1.82) is 0 Å². The van der Waals surface area contributed by atoms with Crippen molar-refractivity contribution in [1.82, 2.24) is 9.97 Å². The lowest BCUT2D eigenvalue weighted by molar-refractivity contribution is -0.117. The van der Waals surface area contributed by atoms with E-state index in [1.807, 2.05) is 0 Å². The summed E-state index contributed by atoms with van der Waals surface area (Å²) in [5.74, 6) is 1.40. The Balaban J connectivity index is 2.27. The number of anilines is 1. The maximum absolute atomic E-state index is 11.7. The van der Waals surface area contributed by atoms with Gasteiger partial charge in [-0.3, -0.25) is 9.69 Å². The molecule has 16 heavy (non-hydrogen) atoms. The van der Waals surface area contributed by atoms with Crippen molar-refractivity contribution in [3.8, 4) is 0 Å². The van der Waals surface area contributed by atoms with Crippen molar-refractivity contribution in [2.24, 2.45) is 5.92 Å². The van der Waals surface area contributed by atoms with Gasteiger partial charge < -0.3 is 0 Å². The molecule has 7 heteroatoms. The van der Waals surface area contributed by atoms with E-state index in [0.717, 1.165) is 0 Å². The van der Waals surface area contributed by atoms with Crippen molar-refractivity contribution >= 4 is 47.6 Å². The van der Waals surface area contributed by atoms with E-state index >= 15 is 0 Å². The fourth-order valence-corrected chi connectivity index (χ4v) is 2.29. The first-order chi connectivity index (χ1) is 7.60. The average molecular weight is 278 g/mol. The molecule has 86 valence electrons. The molecule has 1 fully saturated rings. The van der Waals surface area contributed by atoms with Crippen molar-refractivity contribution in [3.05, 3.63) is 16.5 Å². The number of carbonyl (C=O) groups is 1. The van der Waals surface area contributed by atoms with Crippen LogP contribution in [0.4, 0.5) is 5.82 Å². The van der Waals surface area contributed by atoms with Gasteiger partial charge in [0.05, 0.1) is 0 Å². The van der Waals surface area contributed by atoms with Crippen molar-refractivity contribution in [3.63, 3.8) is 0 Å². The molecule has 1 aliphatic heterocycles. The van der Waals surface area contributed by atoms with Crippen molar-refractivity contribution < 1.29 is 4.79 Å². The van der Waals surface area contributed by atoms with Gasteiger partial charge in [0.1, 0.15) is 11.0 Å². The maximum Gasteiger partial charge on any atom is 0.228 e. The molecule has 0 bridgehead atoms. The first kappa shape index (κ1) is 12.0. The average Bonchev–Trinajstić information content (AvgIpc) is 2.58. The molecule has 0 aromatic carbocycles. The van der Waals surface area contributed by atoms with E-state index < -0.39 is 0 Å². The van der Waals surface area contributed by atoms with Crippen molar-refractivity contribution in [2.75, 3.05) is 17.2 Å². The van der Waals surface area contributed by atoms with Crippen LogP contribution in [-0.4, -0.2) is 28.2 Å². The number of halogens is 2. The van der Waals surface area contributed by atoms with Crippen LogP contribution < -0.4 is 4.90 Å². The molecule has 0 aliphatic carbocycles. The summed E-state index contributed by atoms with van der Waals surface area (Å²) < 4.78 is 0. The monoisotopic (exact) mass is 277 g/mol. The lowest BCUT2D eigenvalue weighted by Gasteiger charge is -2.15. The molecule has 1 aliphatic rings. The van der Waals surface area contributed by atoms with Gasteiger partial charge in [-0.25, -0.2) is 9.97 Å². The summed E-state index contributed by atoms with van der Waals surface area (Å²) in [6.45, 7) is 0.603. The Labute approximate surface area is 108 Å². The highest BCUT2D eigenvalue weighted by atomic mass is 35.5. The fraction of sp³-hybridized carbons (Fsp3) is 0.444. The lowest BCUT2D eigenvalue weighted by Crippen LogP contribution is -2.25. The van der Waals surface area contributed by atoms with Gasteiger partial charge in [-0.15, -0.1) is 0 Å². The minimum absolute atomic E-state index is 0.0184. The van der Waals surface area contributed by atoms with Gasteiger partial charge >= 0.3 is 0 Å². The molecule has 1 aromatic rings. The molecule has 2 heterocycles. The molecule has 0 N–H and O–H groups in total. The van der Waals surface area contributed by atoms with Crippen LogP contribution in [0.2, 0.25) is 10.4 Å². The third kappa shape index (κ3) is 2.42. The van der Waals surface area contributed by atoms with Crippen LogP contribution in [0.3, 0.4) is 0 Å². The predicted octanol–water partition coefficient (Wildman–Crippen LogP) is 2.07. The molecule has 1 amide bonds. The Morgan fingerprint density at radius 3 is 2.81 bits per heavy atom. The summed E-state index contributed by atoms with van der Waals surface area (Å²) >= 11 is 15.6. The number of hydrogen-bond donors (Lipinski definition) is 1. The molecule has 4 nitrogen and oxygen atoms in total. The Hall–Kier alpha value is -0.520. The lowest BCUT2D eigenvalue weighted by atomic mass is 10.1. The zero-order valence-corrected chi connectivity index (χ0v) is 10.6. The third-order valence-corrected chi connectivity index (χ3v) is 3.27. The number of carbonyl (C=O) groups excluding carboxylic acids is 1. The second kappa shape index (κ2) is 4.77.